The lowest BCUT2D eigenvalue weighted by Gasteiger charge is -2.30. The molecule has 1 heterocycles. The molecule has 3 aromatic carbocycles. The smallest absolute Gasteiger partial charge is 0.192 e. The number of ether oxygens (including phenoxy) is 1. The Morgan fingerprint density at radius 2 is 1.75 bits per heavy atom. The molecule has 0 saturated carbocycles. The van der Waals surface area contributed by atoms with Crippen molar-refractivity contribution in [2.75, 3.05) is 0 Å². The van der Waals surface area contributed by atoms with E-state index in [-0.39, 0.29) is 11.9 Å². The van der Waals surface area contributed by atoms with Gasteiger partial charge in [-0.1, -0.05) is 83.9 Å². The number of imidazole rings is 1. The van der Waals surface area contributed by atoms with Crippen LogP contribution in [0.15, 0.2) is 91.5 Å². The zero-order valence-electron chi connectivity index (χ0n) is 19.6. The van der Waals surface area contributed by atoms with Crippen LogP contribution in [0.2, 0.25) is 0 Å². The largest absolute Gasteiger partial charge is 0.483 e. The van der Waals surface area contributed by atoms with E-state index in [1.807, 2.05) is 71.4 Å². The number of rotatable bonds is 9. The number of thioether (sulfide) groups is 1. The molecule has 5 rings (SSSR count). The molecule has 0 unspecified atom stereocenters. The summed E-state index contributed by atoms with van der Waals surface area (Å²) in [4.78, 5) is 16.9. The maximum absolute atomic E-state index is 12.8. The van der Waals surface area contributed by atoms with Crippen LogP contribution in [0.4, 0.5) is 0 Å². The Labute approximate surface area is 225 Å². The van der Waals surface area contributed by atoms with Gasteiger partial charge in [0.05, 0.1) is 12.9 Å². The van der Waals surface area contributed by atoms with Crippen LogP contribution < -0.4 is 4.74 Å². The van der Waals surface area contributed by atoms with Gasteiger partial charge in [0.15, 0.2) is 9.45 Å². The minimum atomic E-state index is -1.30. The SMILES string of the molecule is O=C1CCCc2c1ccc(O[C@H](Cn1ccnc1)c1ccccc1)c2C(Cl)(Cl)SCc1ccccc1. The number of carbonyl (C=O) groups is 1. The molecular weight excluding hydrogens is 511 g/mol. The molecule has 1 aliphatic rings. The highest BCUT2D eigenvalue weighted by atomic mass is 35.5. The summed E-state index contributed by atoms with van der Waals surface area (Å²) in [5, 5.41) is 0. The van der Waals surface area contributed by atoms with Crippen molar-refractivity contribution >= 4 is 40.7 Å². The van der Waals surface area contributed by atoms with Gasteiger partial charge >= 0.3 is 0 Å². The molecule has 4 aromatic rings. The summed E-state index contributed by atoms with van der Waals surface area (Å²) in [7, 11) is 0. The van der Waals surface area contributed by atoms with Crippen LogP contribution in [0, 0.1) is 0 Å². The van der Waals surface area contributed by atoms with Crippen LogP contribution >= 0.6 is 35.0 Å². The van der Waals surface area contributed by atoms with Gasteiger partial charge in [-0.25, -0.2) is 4.98 Å². The van der Waals surface area contributed by atoms with Crippen LogP contribution in [0.25, 0.3) is 0 Å². The number of Topliss-reactive ketones (excluding diaryl/α,β-unsaturated/α-hetero) is 1. The Kier molecular flexibility index (Phi) is 7.70. The van der Waals surface area contributed by atoms with Gasteiger partial charge in [0.2, 0.25) is 0 Å². The standard InChI is InChI=1S/C29H26Cl2N2O2S/c30-29(31,36-19-21-8-3-1-4-9-21)28-24-12-7-13-25(34)23(24)14-15-26(28)35-27(18-33-17-16-32-20-33)22-10-5-2-6-11-22/h1-6,8-11,14-17,20,27H,7,12-13,18-19H2/t27-/m1/s1. The molecule has 7 heteroatoms. The molecular formula is C29H26Cl2N2O2S. The maximum Gasteiger partial charge on any atom is 0.192 e. The van der Waals surface area contributed by atoms with E-state index in [4.69, 9.17) is 27.9 Å². The van der Waals surface area contributed by atoms with E-state index >= 15 is 0 Å². The van der Waals surface area contributed by atoms with Gasteiger partial charge in [-0.15, -0.1) is 11.8 Å². The van der Waals surface area contributed by atoms with Crippen LogP contribution in [0.1, 0.15) is 51.6 Å². The third-order valence-electron chi connectivity index (χ3n) is 6.34. The molecule has 1 aromatic heterocycles. The number of ketones is 1. The first-order valence-electron chi connectivity index (χ1n) is 11.9. The first-order valence-corrected chi connectivity index (χ1v) is 13.7. The molecule has 0 spiro atoms. The van der Waals surface area contributed by atoms with Crippen molar-refractivity contribution in [3.63, 3.8) is 0 Å². The zero-order valence-corrected chi connectivity index (χ0v) is 22.0. The van der Waals surface area contributed by atoms with E-state index in [9.17, 15) is 4.79 Å². The lowest BCUT2D eigenvalue weighted by atomic mass is 9.87. The fraction of sp³-hybridized carbons (Fsp3) is 0.241. The first-order chi connectivity index (χ1) is 17.5. The Bertz CT molecular complexity index is 1310. The van der Waals surface area contributed by atoms with Crippen molar-refractivity contribution in [1.29, 1.82) is 0 Å². The second-order valence-electron chi connectivity index (χ2n) is 8.81. The number of hydrogen-bond acceptors (Lipinski definition) is 4. The average molecular weight is 538 g/mol. The van der Waals surface area contributed by atoms with Crippen LogP contribution in [0.3, 0.4) is 0 Å². The molecule has 1 aliphatic carbocycles. The van der Waals surface area contributed by atoms with Crippen LogP contribution in [-0.2, 0) is 22.4 Å². The predicted molar refractivity (Wildman–Crippen MR) is 147 cm³/mol. The number of carbonyl (C=O) groups excluding carboxylic acids is 1. The molecule has 184 valence electrons. The van der Waals surface area contributed by atoms with Gasteiger partial charge in [-0.2, -0.15) is 0 Å². The molecule has 0 saturated heterocycles. The first kappa shape index (κ1) is 24.9. The van der Waals surface area contributed by atoms with E-state index in [2.05, 4.69) is 17.1 Å². The van der Waals surface area contributed by atoms with Crippen LogP contribution in [0.5, 0.6) is 5.75 Å². The van der Waals surface area contributed by atoms with Gasteiger partial charge in [-0.3, -0.25) is 4.79 Å². The van der Waals surface area contributed by atoms with Gasteiger partial charge in [-0.05, 0) is 41.7 Å². The fourth-order valence-corrected chi connectivity index (χ4v) is 6.21. The Morgan fingerprint density at radius 3 is 2.47 bits per heavy atom. The summed E-state index contributed by atoms with van der Waals surface area (Å²) in [5.41, 5.74) is 4.42. The minimum Gasteiger partial charge on any atom is -0.483 e. The van der Waals surface area contributed by atoms with Gasteiger partial charge in [0.25, 0.3) is 0 Å². The maximum atomic E-state index is 12.8. The van der Waals surface area contributed by atoms with E-state index < -0.39 is 3.67 Å². The zero-order chi connectivity index (χ0) is 25.0. The highest BCUT2D eigenvalue weighted by Crippen LogP contribution is 2.53. The molecule has 36 heavy (non-hydrogen) atoms. The summed E-state index contributed by atoms with van der Waals surface area (Å²) in [6.07, 6.45) is 7.17. The summed E-state index contributed by atoms with van der Waals surface area (Å²) >= 11 is 15.6. The number of nitrogens with zero attached hydrogens (tertiary/aromatic N) is 2. The van der Waals surface area contributed by atoms with Gasteiger partial charge < -0.3 is 9.30 Å². The van der Waals surface area contributed by atoms with Crippen molar-refractivity contribution in [2.45, 2.75) is 41.3 Å². The third kappa shape index (κ3) is 5.64. The molecule has 0 aliphatic heterocycles. The summed E-state index contributed by atoms with van der Waals surface area (Å²) in [5.74, 6) is 1.35. The predicted octanol–water partition coefficient (Wildman–Crippen LogP) is 7.74. The molecule has 0 N–H and O–H groups in total. The van der Waals surface area contributed by atoms with Crippen molar-refractivity contribution in [2.24, 2.45) is 0 Å². The van der Waals surface area contributed by atoms with E-state index in [1.54, 1.807) is 12.5 Å². The Hall–Kier alpha value is -2.73. The summed E-state index contributed by atoms with van der Waals surface area (Å²) in [6.45, 7) is 0.564. The topological polar surface area (TPSA) is 44.1 Å². The fourth-order valence-electron chi connectivity index (χ4n) is 4.56. The average Bonchev–Trinajstić information content (AvgIpc) is 3.41. The molecule has 0 bridgehead atoms. The Morgan fingerprint density at radius 1 is 1.00 bits per heavy atom. The number of hydrogen-bond donors (Lipinski definition) is 0. The van der Waals surface area contributed by atoms with Gasteiger partial charge in [0, 0.05) is 35.7 Å². The molecule has 0 amide bonds. The second-order valence-corrected chi connectivity index (χ2v) is 11.8. The molecule has 4 nitrogen and oxygen atoms in total. The van der Waals surface area contributed by atoms with E-state index in [0.29, 0.717) is 35.6 Å². The molecule has 1 atom stereocenters. The normalized spacial score (nSPS) is 14.3. The third-order valence-corrected chi connectivity index (χ3v) is 8.41. The van der Waals surface area contributed by atoms with Crippen molar-refractivity contribution in [1.82, 2.24) is 9.55 Å². The highest BCUT2D eigenvalue weighted by molar-refractivity contribution is 8.02. The summed E-state index contributed by atoms with van der Waals surface area (Å²) < 4.78 is 7.39. The van der Waals surface area contributed by atoms with E-state index in [0.717, 1.165) is 29.5 Å². The highest BCUT2D eigenvalue weighted by Gasteiger charge is 2.37. The van der Waals surface area contributed by atoms with Crippen molar-refractivity contribution < 1.29 is 9.53 Å². The second kappa shape index (κ2) is 11.1. The lowest BCUT2D eigenvalue weighted by molar-refractivity contribution is 0.0972. The monoisotopic (exact) mass is 536 g/mol. The van der Waals surface area contributed by atoms with Crippen molar-refractivity contribution in [3.05, 3.63) is 119 Å². The number of benzene rings is 3. The molecule has 0 fully saturated rings. The van der Waals surface area contributed by atoms with Crippen LogP contribution in [-0.4, -0.2) is 15.3 Å². The minimum absolute atomic E-state index is 0.124. The number of halogens is 2. The summed E-state index contributed by atoms with van der Waals surface area (Å²) in [6, 6.07) is 23.9. The Balaban J connectivity index is 1.54. The van der Waals surface area contributed by atoms with E-state index in [1.165, 1.54) is 11.8 Å². The van der Waals surface area contributed by atoms with Crippen molar-refractivity contribution in [3.8, 4) is 5.75 Å². The lowest BCUT2D eigenvalue weighted by Crippen LogP contribution is -2.21. The molecule has 0 radical (unpaired) electrons. The van der Waals surface area contributed by atoms with Gasteiger partial charge in [0.1, 0.15) is 11.9 Å². The number of alkyl halides is 2. The number of aromatic nitrogens is 2. The number of fused-ring (bicyclic) bond motifs is 1. The quantitative estimate of drug-likeness (QED) is 0.205.